The highest BCUT2D eigenvalue weighted by Crippen LogP contribution is 2.39. The highest BCUT2D eigenvalue weighted by molar-refractivity contribution is 5.93. The van der Waals surface area contributed by atoms with Gasteiger partial charge in [-0.3, -0.25) is 14.5 Å². The molecule has 0 bridgehead atoms. The van der Waals surface area contributed by atoms with Crippen LogP contribution in [-0.4, -0.2) is 64.9 Å². The number of hydrogen-bond donors (Lipinski definition) is 2. The smallest absolute Gasteiger partial charge is 0.268 e. The maximum Gasteiger partial charge on any atom is 0.268 e. The van der Waals surface area contributed by atoms with Crippen molar-refractivity contribution in [1.29, 1.82) is 5.26 Å². The SMILES string of the molecule is CCC(C)(CC)C(=O)N1CCCC2(C1)C(NC(=O)c1cc(C#N)c[nH]1)CCN2C. The second kappa shape index (κ2) is 8.19. The van der Waals surface area contributed by atoms with Crippen molar-refractivity contribution in [2.45, 2.75) is 64.5 Å². The Bertz CT molecular complexity index is 806. The Balaban J connectivity index is 1.79. The van der Waals surface area contributed by atoms with Crippen LogP contribution in [0.3, 0.4) is 0 Å². The molecule has 2 amide bonds. The van der Waals surface area contributed by atoms with Crippen LogP contribution < -0.4 is 5.32 Å². The molecule has 158 valence electrons. The number of amides is 2. The fourth-order valence-corrected chi connectivity index (χ4v) is 4.88. The summed E-state index contributed by atoms with van der Waals surface area (Å²) in [6, 6.07) is 3.59. The number of H-pyrrole nitrogens is 1. The van der Waals surface area contributed by atoms with Crippen LogP contribution in [0.1, 0.15) is 68.9 Å². The monoisotopic (exact) mass is 399 g/mol. The number of nitrogens with zero attached hydrogens (tertiary/aromatic N) is 3. The molecule has 0 aliphatic carbocycles. The molecule has 2 unspecified atom stereocenters. The third-order valence-electron chi connectivity index (χ3n) is 7.39. The molecule has 29 heavy (non-hydrogen) atoms. The first-order valence-corrected chi connectivity index (χ1v) is 10.7. The molecule has 1 spiro atoms. The zero-order valence-electron chi connectivity index (χ0n) is 18.0. The summed E-state index contributed by atoms with van der Waals surface area (Å²) in [4.78, 5) is 33.3. The summed E-state index contributed by atoms with van der Waals surface area (Å²) >= 11 is 0. The van der Waals surface area contributed by atoms with Gasteiger partial charge in [-0.25, -0.2) is 0 Å². The summed E-state index contributed by atoms with van der Waals surface area (Å²) in [5, 5.41) is 12.2. The molecule has 1 aromatic rings. The molecule has 0 saturated carbocycles. The quantitative estimate of drug-likeness (QED) is 0.796. The molecular weight excluding hydrogens is 366 g/mol. The zero-order valence-corrected chi connectivity index (χ0v) is 18.0. The first kappa shape index (κ1) is 21.4. The van der Waals surface area contributed by atoms with E-state index in [0.29, 0.717) is 17.8 Å². The number of aromatic amines is 1. The highest BCUT2D eigenvalue weighted by atomic mass is 16.2. The Morgan fingerprint density at radius 3 is 2.72 bits per heavy atom. The lowest BCUT2D eigenvalue weighted by atomic mass is 9.79. The number of likely N-dealkylation sites (N-methyl/N-ethyl adjacent to an activating group) is 1. The molecule has 2 atom stereocenters. The third-order valence-corrected chi connectivity index (χ3v) is 7.39. The van der Waals surface area contributed by atoms with Gasteiger partial charge < -0.3 is 15.2 Å². The number of aromatic nitrogens is 1. The lowest BCUT2D eigenvalue weighted by molar-refractivity contribution is -0.145. The number of carbonyl (C=O) groups is 2. The van der Waals surface area contributed by atoms with Crippen molar-refractivity contribution >= 4 is 11.8 Å². The molecule has 2 aliphatic heterocycles. The van der Waals surface area contributed by atoms with Gasteiger partial charge in [0.1, 0.15) is 11.8 Å². The molecule has 3 heterocycles. The molecular formula is C22H33N5O2. The summed E-state index contributed by atoms with van der Waals surface area (Å²) in [7, 11) is 2.10. The summed E-state index contributed by atoms with van der Waals surface area (Å²) in [6.45, 7) is 8.55. The van der Waals surface area contributed by atoms with Crippen molar-refractivity contribution in [3.8, 4) is 6.07 Å². The van der Waals surface area contributed by atoms with E-state index in [2.05, 4.69) is 43.0 Å². The van der Waals surface area contributed by atoms with Gasteiger partial charge in [0.05, 0.1) is 17.1 Å². The molecule has 2 aliphatic rings. The summed E-state index contributed by atoms with van der Waals surface area (Å²) in [5.41, 5.74) is 0.281. The Hall–Kier alpha value is -2.33. The Morgan fingerprint density at radius 1 is 1.38 bits per heavy atom. The van der Waals surface area contributed by atoms with E-state index in [1.807, 2.05) is 11.0 Å². The predicted octanol–water partition coefficient (Wildman–Crippen LogP) is 2.51. The second-order valence-electron chi connectivity index (χ2n) is 8.85. The van der Waals surface area contributed by atoms with Gasteiger partial charge >= 0.3 is 0 Å². The second-order valence-corrected chi connectivity index (χ2v) is 8.85. The molecule has 0 aromatic carbocycles. The van der Waals surface area contributed by atoms with Crippen molar-refractivity contribution in [2.75, 3.05) is 26.7 Å². The van der Waals surface area contributed by atoms with Crippen molar-refractivity contribution < 1.29 is 9.59 Å². The Morgan fingerprint density at radius 2 is 2.10 bits per heavy atom. The summed E-state index contributed by atoms with van der Waals surface area (Å²) < 4.78 is 0. The predicted molar refractivity (Wildman–Crippen MR) is 111 cm³/mol. The molecule has 0 radical (unpaired) electrons. The van der Waals surface area contributed by atoms with Gasteiger partial charge in [0.25, 0.3) is 5.91 Å². The standard InChI is InChI=1S/C22H33N5O2/c1-5-21(3,6-2)20(29)27-10-7-9-22(15-27)18(8-11-26(22)4)25-19(28)17-12-16(13-23)14-24-17/h12,14,18,24H,5-11,15H2,1-4H3,(H,25,28). The van der Waals surface area contributed by atoms with Crippen LogP contribution in [0.15, 0.2) is 12.3 Å². The molecule has 7 nitrogen and oxygen atoms in total. The van der Waals surface area contributed by atoms with E-state index in [0.717, 1.165) is 45.2 Å². The Kier molecular flexibility index (Phi) is 6.04. The molecule has 2 fully saturated rings. The third kappa shape index (κ3) is 3.78. The molecule has 7 heteroatoms. The number of rotatable bonds is 5. The summed E-state index contributed by atoms with van der Waals surface area (Å²) in [5.74, 6) is 0.0385. The number of likely N-dealkylation sites (tertiary alicyclic amines) is 2. The average Bonchev–Trinajstić information content (AvgIpc) is 3.34. The van der Waals surface area contributed by atoms with Gasteiger partial charge in [0.2, 0.25) is 5.91 Å². The lowest BCUT2D eigenvalue weighted by Crippen LogP contribution is -2.65. The maximum atomic E-state index is 13.3. The number of carbonyl (C=O) groups excluding carboxylic acids is 2. The van der Waals surface area contributed by atoms with Crippen LogP contribution in [0.2, 0.25) is 0 Å². The topological polar surface area (TPSA) is 92.2 Å². The minimum atomic E-state index is -0.327. The van der Waals surface area contributed by atoms with Crippen molar-refractivity contribution in [2.24, 2.45) is 5.41 Å². The summed E-state index contributed by atoms with van der Waals surface area (Å²) in [6.07, 6.45) is 5.96. The number of nitrogens with one attached hydrogen (secondary N) is 2. The van der Waals surface area contributed by atoms with Crippen molar-refractivity contribution in [1.82, 2.24) is 20.1 Å². The first-order chi connectivity index (χ1) is 13.8. The largest absolute Gasteiger partial charge is 0.356 e. The Labute approximate surface area is 173 Å². The van der Waals surface area contributed by atoms with Crippen molar-refractivity contribution in [3.05, 3.63) is 23.5 Å². The zero-order chi connectivity index (χ0) is 21.2. The van der Waals surface area contributed by atoms with Gasteiger partial charge in [-0.15, -0.1) is 0 Å². The fraction of sp³-hybridized carbons (Fsp3) is 0.682. The lowest BCUT2D eigenvalue weighted by Gasteiger charge is -2.49. The maximum absolute atomic E-state index is 13.3. The molecule has 1 aromatic heterocycles. The van der Waals surface area contributed by atoms with Gasteiger partial charge in [-0.2, -0.15) is 5.26 Å². The number of piperidine rings is 1. The molecule has 2 saturated heterocycles. The van der Waals surface area contributed by atoms with Crippen LogP contribution in [0.4, 0.5) is 0 Å². The van der Waals surface area contributed by atoms with Crippen LogP contribution >= 0.6 is 0 Å². The van der Waals surface area contributed by atoms with Crippen LogP contribution in [0.5, 0.6) is 0 Å². The van der Waals surface area contributed by atoms with Crippen molar-refractivity contribution in [3.63, 3.8) is 0 Å². The molecule has 3 rings (SSSR count). The van der Waals surface area contributed by atoms with Gasteiger partial charge in [0.15, 0.2) is 0 Å². The van der Waals surface area contributed by atoms with E-state index in [1.54, 1.807) is 12.3 Å². The van der Waals surface area contributed by atoms with Gasteiger partial charge in [-0.1, -0.05) is 20.8 Å². The highest BCUT2D eigenvalue weighted by Gasteiger charge is 2.51. The minimum Gasteiger partial charge on any atom is -0.356 e. The van der Waals surface area contributed by atoms with Crippen LogP contribution in [0.25, 0.3) is 0 Å². The van der Waals surface area contributed by atoms with E-state index in [9.17, 15) is 9.59 Å². The number of nitriles is 1. The van der Waals surface area contributed by atoms with Crippen LogP contribution in [-0.2, 0) is 4.79 Å². The van der Waals surface area contributed by atoms with Gasteiger partial charge in [-0.05, 0) is 45.2 Å². The number of hydrogen-bond acceptors (Lipinski definition) is 4. The van der Waals surface area contributed by atoms with Crippen LogP contribution in [0, 0.1) is 16.7 Å². The van der Waals surface area contributed by atoms with E-state index in [1.165, 1.54) is 0 Å². The van der Waals surface area contributed by atoms with E-state index in [4.69, 9.17) is 5.26 Å². The minimum absolute atomic E-state index is 0.0288. The van der Waals surface area contributed by atoms with E-state index in [-0.39, 0.29) is 28.8 Å². The van der Waals surface area contributed by atoms with Gasteiger partial charge in [0, 0.05) is 31.2 Å². The fourth-order valence-electron chi connectivity index (χ4n) is 4.88. The van der Waals surface area contributed by atoms with E-state index < -0.39 is 0 Å². The average molecular weight is 400 g/mol. The normalized spacial score (nSPS) is 25.2. The molecule has 2 N–H and O–H groups in total. The van der Waals surface area contributed by atoms with E-state index >= 15 is 0 Å². The first-order valence-electron chi connectivity index (χ1n) is 10.7.